The number of anilines is 1. The summed E-state index contributed by atoms with van der Waals surface area (Å²) in [5.74, 6) is 2.23. The van der Waals surface area contributed by atoms with E-state index in [4.69, 9.17) is 5.73 Å². The van der Waals surface area contributed by atoms with Gasteiger partial charge in [0.25, 0.3) is 0 Å². The molecular weight excluding hydrogens is 350 g/mol. The van der Waals surface area contributed by atoms with Gasteiger partial charge in [-0.3, -0.25) is 9.69 Å². The van der Waals surface area contributed by atoms with Gasteiger partial charge in [0.05, 0.1) is 12.1 Å². The summed E-state index contributed by atoms with van der Waals surface area (Å²) in [6.07, 6.45) is 7.26. The van der Waals surface area contributed by atoms with E-state index in [-0.39, 0.29) is 5.78 Å². The molecule has 6 nitrogen and oxygen atoms in total. The zero-order valence-electron chi connectivity index (χ0n) is 16.7. The Morgan fingerprint density at radius 3 is 2.71 bits per heavy atom. The van der Waals surface area contributed by atoms with Gasteiger partial charge in [0.2, 0.25) is 0 Å². The second-order valence-electron chi connectivity index (χ2n) is 8.57. The zero-order chi connectivity index (χ0) is 19.5. The predicted octanol–water partition coefficient (Wildman–Crippen LogP) is 2.76. The van der Waals surface area contributed by atoms with Crippen molar-refractivity contribution >= 4 is 22.5 Å². The number of aryl methyl sites for hydroxylation is 1. The molecule has 2 aromatic rings. The fraction of sp³-hybridized carbons (Fsp3) is 0.591. The van der Waals surface area contributed by atoms with Crippen LogP contribution in [0.2, 0.25) is 0 Å². The number of nitrogens with two attached hydrogens (primary N) is 1. The van der Waals surface area contributed by atoms with E-state index >= 15 is 0 Å². The first-order valence-electron chi connectivity index (χ1n) is 10.5. The van der Waals surface area contributed by atoms with Crippen molar-refractivity contribution in [1.29, 1.82) is 0 Å². The number of Topliss-reactive ketones (excluding diaryl/α,β-unsaturated/α-hetero) is 1. The Bertz CT molecular complexity index is 825. The van der Waals surface area contributed by atoms with Crippen LogP contribution in [-0.4, -0.2) is 52.9 Å². The molecule has 1 aliphatic heterocycles. The Balaban J connectivity index is 1.23. The van der Waals surface area contributed by atoms with Crippen molar-refractivity contribution in [3.05, 3.63) is 30.1 Å². The summed E-state index contributed by atoms with van der Waals surface area (Å²) in [5, 5.41) is 4.20. The summed E-state index contributed by atoms with van der Waals surface area (Å²) in [6, 6.07) is 6.80. The average molecular weight is 382 g/mol. The van der Waals surface area contributed by atoms with Crippen LogP contribution in [0.3, 0.4) is 0 Å². The Labute approximate surface area is 166 Å². The molecule has 2 fully saturated rings. The van der Waals surface area contributed by atoms with E-state index in [1.807, 2.05) is 19.1 Å². The Hall–Kier alpha value is -2.05. The van der Waals surface area contributed by atoms with E-state index < -0.39 is 0 Å². The summed E-state index contributed by atoms with van der Waals surface area (Å²) in [5.41, 5.74) is 7.85. The molecule has 1 aromatic heterocycles. The summed E-state index contributed by atoms with van der Waals surface area (Å²) in [4.78, 5) is 23.6. The smallest absolute Gasteiger partial charge is 0.152 e. The number of nitrogens with one attached hydrogen (secondary N) is 1. The number of hydrogen-bond donors (Lipinski definition) is 2. The van der Waals surface area contributed by atoms with Crippen LogP contribution in [0.15, 0.2) is 24.5 Å². The van der Waals surface area contributed by atoms with Crippen molar-refractivity contribution in [2.24, 2.45) is 17.6 Å². The van der Waals surface area contributed by atoms with Crippen molar-refractivity contribution in [1.82, 2.24) is 14.9 Å². The van der Waals surface area contributed by atoms with Gasteiger partial charge in [0.15, 0.2) is 5.78 Å². The number of rotatable bonds is 7. The van der Waals surface area contributed by atoms with Crippen LogP contribution in [0.4, 0.5) is 5.82 Å². The van der Waals surface area contributed by atoms with Gasteiger partial charge in [-0.1, -0.05) is 11.6 Å². The molecule has 0 amide bonds. The van der Waals surface area contributed by atoms with Crippen LogP contribution in [0.5, 0.6) is 0 Å². The van der Waals surface area contributed by atoms with Gasteiger partial charge in [-0.25, -0.2) is 9.97 Å². The highest BCUT2D eigenvalue weighted by molar-refractivity contribution is 5.91. The molecular formula is C22H31N5O. The molecule has 0 spiro atoms. The lowest BCUT2D eigenvalue weighted by molar-refractivity contribution is -0.120. The summed E-state index contributed by atoms with van der Waals surface area (Å²) in [6.45, 7) is 5.35. The maximum absolute atomic E-state index is 12.4. The molecule has 0 radical (unpaired) electrons. The molecule has 1 saturated heterocycles. The molecule has 150 valence electrons. The number of benzene rings is 1. The Morgan fingerprint density at radius 1 is 1.18 bits per heavy atom. The van der Waals surface area contributed by atoms with Gasteiger partial charge in [-0.05, 0) is 63.1 Å². The van der Waals surface area contributed by atoms with Gasteiger partial charge in [0, 0.05) is 30.9 Å². The van der Waals surface area contributed by atoms with Crippen molar-refractivity contribution in [2.75, 3.05) is 31.5 Å². The molecule has 6 heteroatoms. The quantitative estimate of drug-likeness (QED) is 0.767. The molecule has 1 saturated carbocycles. The van der Waals surface area contributed by atoms with Gasteiger partial charge >= 0.3 is 0 Å². The van der Waals surface area contributed by atoms with Crippen molar-refractivity contribution < 1.29 is 4.79 Å². The maximum Gasteiger partial charge on any atom is 0.152 e. The monoisotopic (exact) mass is 381 g/mol. The third-order valence-corrected chi connectivity index (χ3v) is 6.41. The Kier molecular flexibility index (Phi) is 5.87. The zero-order valence-corrected chi connectivity index (χ0v) is 16.7. The van der Waals surface area contributed by atoms with E-state index in [1.54, 1.807) is 6.33 Å². The lowest BCUT2D eigenvalue weighted by Gasteiger charge is -2.46. The number of ketones is 1. The normalized spacial score (nSPS) is 23.5. The largest absolute Gasteiger partial charge is 0.362 e. The van der Waals surface area contributed by atoms with Crippen LogP contribution in [0.1, 0.15) is 37.7 Å². The minimum Gasteiger partial charge on any atom is -0.362 e. The number of carbonyl (C=O) groups is 1. The van der Waals surface area contributed by atoms with Gasteiger partial charge < -0.3 is 11.1 Å². The molecule has 2 heterocycles. The second kappa shape index (κ2) is 8.53. The molecule has 0 bridgehead atoms. The first-order valence-corrected chi connectivity index (χ1v) is 10.5. The molecule has 1 aliphatic carbocycles. The minimum atomic E-state index is 0.260. The van der Waals surface area contributed by atoms with Crippen LogP contribution >= 0.6 is 0 Å². The van der Waals surface area contributed by atoms with Crippen LogP contribution < -0.4 is 11.1 Å². The van der Waals surface area contributed by atoms with E-state index in [9.17, 15) is 4.79 Å². The van der Waals surface area contributed by atoms with Crippen LogP contribution in [0, 0.1) is 18.8 Å². The van der Waals surface area contributed by atoms with Crippen molar-refractivity contribution in [2.45, 2.75) is 45.1 Å². The number of nitrogens with zero attached hydrogens (tertiary/aromatic N) is 3. The number of fused-ring (bicyclic) bond motifs is 1. The number of hydrogen-bond acceptors (Lipinski definition) is 6. The fourth-order valence-corrected chi connectivity index (χ4v) is 4.67. The molecule has 0 unspecified atom stereocenters. The minimum absolute atomic E-state index is 0.260. The first kappa shape index (κ1) is 19.3. The maximum atomic E-state index is 12.4. The van der Waals surface area contributed by atoms with E-state index in [2.05, 4.69) is 26.3 Å². The first-order chi connectivity index (χ1) is 13.6. The summed E-state index contributed by atoms with van der Waals surface area (Å²) < 4.78 is 0. The fourth-order valence-electron chi connectivity index (χ4n) is 4.67. The van der Waals surface area contributed by atoms with Crippen molar-refractivity contribution in [3.63, 3.8) is 0 Å². The second-order valence-corrected chi connectivity index (χ2v) is 8.57. The van der Waals surface area contributed by atoms with E-state index in [0.717, 1.165) is 47.8 Å². The van der Waals surface area contributed by atoms with Crippen molar-refractivity contribution in [3.8, 4) is 0 Å². The number of carbonyl (C=O) groups excluding carboxylic acids is 1. The lowest BCUT2D eigenvalue weighted by Crippen LogP contribution is -2.53. The van der Waals surface area contributed by atoms with E-state index in [0.29, 0.717) is 24.9 Å². The SMILES string of the molecule is Cc1ccc2ncnc(NCC(=O)CC3CN(C4CCC(CN)CC4)C3)c2c1. The Morgan fingerprint density at radius 2 is 1.96 bits per heavy atom. The highest BCUT2D eigenvalue weighted by atomic mass is 16.1. The van der Waals surface area contributed by atoms with Crippen LogP contribution in [-0.2, 0) is 4.79 Å². The molecule has 3 N–H and O–H groups in total. The predicted molar refractivity (Wildman–Crippen MR) is 112 cm³/mol. The summed E-state index contributed by atoms with van der Waals surface area (Å²) >= 11 is 0. The van der Waals surface area contributed by atoms with E-state index in [1.165, 1.54) is 25.7 Å². The number of aromatic nitrogens is 2. The average Bonchev–Trinajstić information content (AvgIpc) is 2.69. The molecule has 0 atom stereocenters. The topological polar surface area (TPSA) is 84.1 Å². The van der Waals surface area contributed by atoms with Crippen LogP contribution in [0.25, 0.3) is 10.9 Å². The van der Waals surface area contributed by atoms with Gasteiger partial charge in [-0.15, -0.1) is 0 Å². The lowest BCUT2D eigenvalue weighted by atomic mass is 9.82. The standard InChI is InChI=1S/C22H31N5O/c1-15-2-7-21-20(8-15)22(26-14-25-21)24-11-19(28)9-17-12-27(13-17)18-5-3-16(10-23)4-6-18/h2,7-8,14,16-18H,3-6,9-13,23H2,1H3,(H,24,25,26). The summed E-state index contributed by atoms with van der Waals surface area (Å²) in [7, 11) is 0. The molecule has 4 rings (SSSR count). The molecule has 1 aromatic carbocycles. The molecule has 2 aliphatic rings. The highest BCUT2D eigenvalue weighted by Crippen LogP contribution is 2.32. The molecule has 28 heavy (non-hydrogen) atoms. The third kappa shape index (κ3) is 4.33. The number of likely N-dealkylation sites (tertiary alicyclic amines) is 1. The van der Waals surface area contributed by atoms with Gasteiger partial charge in [-0.2, -0.15) is 0 Å². The highest BCUT2D eigenvalue weighted by Gasteiger charge is 2.35. The van der Waals surface area contributed by atoms with Gasteiger partial charge in [0.1, 0.15) is 12.1 Å². The third-order valence-electron chi connectivity index (χ3n) is 6.41.